The first-order chi connectivity index (χ1) is 5.33. The average molecular weight is 171 g/mol. The molecule has 0 spiro atoms. The van der Waals surface area contributed by atoms with Gasteiger partial charge in [-0.3, -0.25) is 4.79 Å². The van der Waals surface area contributed by atoms with Crippen LogP contribution in [0.5, 0.6) is 0 Å². The van der Waals surface area contributed by atoms with Gasteiger partial charge in [0.2, 0.25) is 0 Å². The van der Waals surface area contributed by atoms with Gasteiger partial charge in [-0.15, -0.1) is 0 Å². The van der Waals surface area contributed by atoms with Gasteiger partial charge in [0.1, 0.15) is 0 Å². The number of carbonyl (C=O) groups excluding carboxylic acids is 1. The highest BCUT2D eigenvalue weighted by atomic mass is 32.2. The van der Waals surface area contributed by atoms with E-state index in [9.17, 15) is 4.79 Å². The minimum Gasteiger partial charge on any atom is -0.350 e. The van der Waals surface area contributed by atoms with Crippen molar-refractivity contribution in [3.05, 3.63) is 12.2 Å². The van der Waals surface area contributed by atoms with Crippen molar-refractivity contribution < 1.29 is 4.79 Å². The molecule has 2 nitrogen and oxygen atoms in total. The highest BCUT2D eigenvalue weighted by Crippen LogP contribution is 2.23. The molecule has 1 N–H and O–H groups in total. The van der Waals surface area contributed by atoms with Crippen molar-refractivity contribution in [3.8, 4) is 0 Å². The molecule has 1 rings (SSSR count). The fourth-order valence-corrected chi connectivity index (χ4v) is 1.94. The molecule has 1 amide bonds. The monoisotopic (exact) mass is 171 g/mol. The van der Waals surface area contributed by atoms with E-state index in [2.05, 4.69) is 17.5 Å². The molecule has 62 valence electrons. The number of hydrogen-bond acceptors (Lipinski definition) is 2. The van der Waals surface area contributed by atoms with Crippen LogP contribution >= 0.6 is 11.8 Å². The molecule has 0 aromatic heterocycles. The summed E-state index contributed by atoms with van der Waals surface area (Å²) in [6.07, 6.45) is 7.80. The minimum atomic E-state index is 0.0709. The molecule has 1 aliphatic rings. The van der Waals surface area contributed by atoms with E-state index in [4.69, 9.17) is 0 Å². The van der Waals surface area contributed by atoms with E-state index in [-0.39, 0.29) is 5.24 Å². The largest absolute Gasteiger partial charge is 0.350 e. The molecule has 1 atom stereocenters. The third-order valence-electron chi connectivity index (χ3n) is 1.67. The van der Waals surface area contributed by atoms with Gasteiger partial charge in [0.05, 0.1) is 0 Å². The van der Waals surface area contributed by atoms with E-state index in [0.29, 0.717) is 5.25 Å². The van der Waals surface area contributed by atoms with Crippen molar-refractivity contribution in [3.63, 3.8) is 0 Å². The molecule has 3 heteroatoms. The van der Waals surface area contributed by atoms with Crippen LogP contribution in [0.3, 0.4) is 0 Å². The molecule has 0 saturated heterocycles. The maximum absolute atomic E-state index is 10.9. The lowest BCUT2D eigenvalue weighted by molar-refractivity contribution is 0.262. The Morgan fingerprint density at radius 3 is 3.09 bits per heavy atom. The quantitative estimate of drug-likeness (QED) is 0.613. The summed E-state index contributed by atoms with van der Waals surface area (Å²) < 4.78 is 0. The summed E-state index contributed by atoms with van der Waals surface area (Å²) >= 11 is 1.38. The van der Waals surface area contributed by atoms with Crippen molar-refractivity contribution in [2.45, 2.75) is 24.5 Å². The van der Waals surface area contributed by atoms with Gasteiger partial charge >= 0.3 is 0 Å². The summed E-state index contributed by atoms with van der Waals surface area (Å²) in [5, 5.41) is 3.08. The first-order valence-electron chi connectivity index (χ1n) is 3.88. The number of nitrogens with one attached hydrogen (secondary N) is 1. The molecule has 0 aromatic rings. The van der Waals surface area contributed by atoms with E-state index in [1.807, 2.05) is 0 Å². The highest BCUT2D eigenvalue weighted by Gasteiger charge is 2.12. The molecular weight excluding hydrogens is 158 g/mol. The molecule has 0 aliphatic heterocycles. The van der Waals surface area contributed by atoms with E-state index in [1.165, 1.54) is 24.6 Å². The van der Waals surface area contributed by atoms with E-state index < -0.39 is 0 Å². The zero-order valence-electron chi connectivity index (χ0n) is 6.67. The van der Waals surface area contributed by atoms with Crippen molar-refractivity contribution in [1.29, 1.82) is 0 Å². The SMILES string of the molecule is CNC(=O)SC1C=CCCC1. The number of amides is 1. The molecule has 0 bridgehead atoms. The van der Waals surface area contributed by atoms with Crippen molar-refractivity contribution in [2.24, 2.45) is 0 Å². The van der Waals surface area contributed by atoms with Crippen LogP contribution in [0, 0.1) is 0 Å². The molecule has 0 radical (unpaired) electrons. The van der Waals surface area contributed by atoms with Gasteiger partial charge in [-0.05, 0) is 19.3 Å². The number of allylic oxidation sites excluding steroid dienone is 1. The van der Waals surface area contributed by atoms with Gasteiger partial charge in [-0.25, -0.2) is 0 Å². The van der Waals surface area contributed by atoms with Gasteiger partial charge < -0.3 is 5.32 Å². The predicted molar refractivity (Wildman–Crippen MR) is 48.8 cm³/mol. The minimum absolute atomic E-state index is 0.0709. The van der Waals surface area contributed by atoms with Gasteiger partial charge in [-0.1, -0.05) is 23.9 Å². The Morgan fingerprint density at radius 1 is 1.73 bits per heavy atom. The molecular formula is C8H13NOS. The zero-order chi connectivity index (χ0) is 8.10. The second-order valence-electron chi connectivity index (χ2n) is 2.55. The summed E-state index contributed by atoms with van der Waals surface area (Å²) in [6.45, 7) is 0. The van der Waals surface area contributed by atoms with Crippen LogP contribution < -0.4 is 5.32 Å². The Balaban J connectivity index is 2.30. The smallest absolute Gasteiger partial charge is 0.279 e. The average Bonchev–Trinajstić information content (AvgIpc) is 2.06. The van der Waals surface area contributed by atoms with Gasteiger partial charge in [0, 0.05) is 12.3 Å². The summed E-state index contributed by atoms with van der Waals surface area (Å²) in [7, 11) is 1.67. The second-order valence-corrected chi connectivity index (χ2v) is 3.76. The fraction of sp³-hybridized carbons (Fsp3) is 0.625. The molecule has 1 unspecified atom stereocenters. The van der Waals surface area contributed by atoms with E-state index in [1.54, 1.807) is 7.05 Å². The van der Waals surface area contributed by atoms with Crippen LogP contribution in [0.25, 0.3) is 0 Å². The van der Waals surface area contributed by atoms with Crippen LogP contribution in [0.15, 0.2) is 12.2 Å². The van der Waals surface area contributed by atoms with Gasteiger partial charge in [-0.2, -0.15) is 0 Å². The zero-order valence-corrected chi connectivity index (χ0v) is 7.49. The van der Waals surface area contributed by atoms with Gasteiger partial charge in [0.25, 0.3) is 5.24 Å². The van der Waals surface area contributed by atoms with E-state index in [0.717, 1.165) is 6.42 Å². The lowest BCUT2D eigenvalue weighted by atomic mass is 10.1. The number of rotatable bonds is 1. The standard InChI is InChI=1S/C8H13NOS/c1-9-8(10)11-7-5-3-2-4-6-7/h3,5,7H,2,4,6H2,1H3,(H,9,10). The topological polar surface area (TPSA) is 29.1 Å². The maximum Gasteiger partial charge on any atom is 0.279 e. The summed E-state index contributed by atoms with van der Waals surface area (Å²) in [4.78, 5) is 10.9. The first-order valence-corrected chi connectivity index (χ1v) is 4.76. The molecule has 0 aromatic carbocycles. The third-order valence-corrected chi connectivity index (χ3v) is 2.79. The lowest BCUT2D eigenvalue weighted by Crippen LogP contribution is -2.16. The number of carbonyl (C=O) groups is 1. The Morgan fingerprint density at radius 2 is 2.55 bits per heavy atom. The summed E-state index contributed by atoms with van der Waals surface area (Å²) in [5.74, 6) is 0. The lowest BCUT2D eigenvalue weighted by Gasteiger charge is -2.13. The molecule has 1 aliphatic carbocycles. The Bertz CT molecular complexity index is 167. The van der Waals surface area contributed by atoms with Crippen molar-refractivity contribution in [2.75, 3.05) is 7.05 Å². The molecule has 11 heavy (non-hydrogen) atoms. The highest BCUT2D eigenvalue weighted by molar-refractivity contribution is 8.14. The van der Waals surface area contributed by atoms with Crippen LogP contribution in [-0.4, -0.2) is 17.5 Å². The van der Waals surface area contributed by atoms with E-state index >= 15 is 0 Å². The third kappa shape index (κ3) is 2.97. The number of thioether (sulfide) groups is 1. The first kappa shape index (κ1) is 8.65. The Labute approximate surface area is 71.4 Å². The van der Waals surface area contributed by atoms with Crippen molar-refractivity contribution >= 4 is 17.0 Å². The van der Waals surface area contributed by atoms with Gasteiger partial charge in [0.15, 0.2) is 0 Å². The van der Waals surface area contributed by atoms with Crippen molar-refractivity contribution in [1.82, 2.24) is 5.32 Å². The fourth-order valence-electron chi connectivity index (χ4n) is 1.08. The van der Waals surface area contributed by atoms with Crippen LogP contribution in [0.2, 0.25) is 0 Å². The second kappa shape index (κ2) is 4.44. The summed E-state index contributed by atoms with van der Waals surface area (Å²) in [5.41, 5.74) is 0. The molecule has 0 saturated carbocycles. The maximum atomic E-state index is 10.9. The number of hydrogen-bond donors (Lipinski definition) is 1. The van der Waals surface area contributed by atoms with Crippen LogP contribution in [-0.2, 0) is 0 Å². The molecule has 0 fully saturated rings. The van der Waals surface area contributed by atoms with Crippen LogP contribution in [0.1, 0.15) is 19.3 Å². The predicted octanol–water partition coefficient (Wildman–Crippen LogP) is 2.17. The normalized spacial score (nSPS) is 23.2. The summed E-state index contributed by atoms with van der Waals surface area (Å²) in [6, 6.07) is 0. The Kier molecular flexibility index (Phi) is 3.49. The van der Waals surface area contributed by atoms with Crippen LogP contribution in [0.4, 0.5) is 4.79 Å². The Hall–Kier alpha value is -0.440. The molecule has 0 heterocycles.